The predicted molar refractivity (Wildman–Crippen MR) is 82.5 cm³/mol. The number of allylic oxidation sites excluding steroid dienone is 1. The van der Waals surface area contributed by atoms with E-state index in [9.17, 15) is 19.5 Å². The molecule has 120 valence electrons. The van der Waals surface area contributed by atoms with E-state index >= 15 is 0 Å². The summed E-state index contributed by atoms with van der Waals surface area (Å²) in [6, 6.07) is 8.19. The van der Waals surface area contributed by atoms with Crippen molar-refractivity contribution in [1.29, 1.82) is 0 Å². The first kappa shape index (κ1) is 15.6. The number of carboxylic acid groups (broad SMARTS) is 1. The summed E-state index contributed by atoms with van der Waals surface area (Å²) in [6.45, 7) is 0. The molecule has 1 aromatic rings. The van der Waals surface area contributed by atoms with Crippen LogP contribution in [0.2, 0.25) is 0 Å². The number of fused-ring (bicyclic) bond motifs is 1. The molecule has 6 nitrogen and oxygen atoms in total. The molecule has 2 aliphatic heterocycles. The van der Waals surface area contributed by atoms with E-state index in [2.05, 4.69) is 5.32 Å². The fourth-order valence-electron chi connectivity index (χ4n) is 3.02. The molecule has 1 fully saturated rings. The standard InChI is InChI=1S/C16H15ClN2O4/c17-10-6-7-11-13(15(21)19(11)14(10)16(22)23)18-12(20)8-9-4-2-1-3-5-9/h1-5,11,13H,6-8H2,(H,18,20)(H,22,23)/t11-,13-/m1/s1. The lowest BCUT2D eigenvalue weighted by Crippen LogP contribution is -2.71. The molecule has 1 aromatic carbocycles. The lowest BCUT2D eigenvalue weighted by atomic mass is 9.86. The quantitative estimate of drug-likeness (QED) is 0.811. The van der Waals surface area contributed by atoms with Gasteiger partial charge in [0.15, 0.2) is 0 Å². The Kier molecular flexibility index (Phi) is 4.09. The number of halogens is 1. The van der Waals surface area contributed by atoms with Crippen LogP contribution < -0.4 is 5.32 Å². The number of amides is 2. The van der Waals surface area contributed by atoms with Crippen LogP contribution >= 0.6 is 11.6 Å². The van der Waals surface area contributed by atoms with E-state index in [-0.39, 0.29) is 29.1 Å². The summed E-state index contributed by atoms with van der Waals surface area (Å²) >= 11 is 5.92. The summed E-state index contributed by atoms with van der Waals surface area (Å²) in [7, 11) is 0. The number of carboxylic acids is 1. The van der Waals surface area contributed by atoms with E-state index < -0.39 is 17.9 Å². The first-order valence-electron chi connectivity index (χ1n) is 7.27. The van der Waals surface area contributed by atoms with E-state index in [1.54, 1.807) is 0 Å². The van der Waals surface area contributed by atoms with Crippen molar-refractivity contribution in [2.24, 2.45) is 0 Å². The molecule has 7 heteroatoms. The van der Waals surface area contributed by atoms with Gasteiger partial charge in [-0.15, -0.1) is 0 Å². The summed E-state index contributed by atoms with van der Waals surface area (Å²) in [4.78, 5) is 36.7. The highest BCUT2D eigenvalue weighted by Crippen LogP contribution is 2.37. The summed E-state index contributed by atoms with van der Waals surface area (Å²) in [5, 5.41) is 12.1. The third-order valence-electron chi connectivity index (χ3n) is 4.10. The zero-order valence-electron chi connectivity index (χ0n) is 12.2. The topological polar surface area (TPSA) is 86.7 Å². The minimum atomic E-state index is -1.22. The second-order valence-corrected chi connectivity index (χ2v) is 6.04. The van der Waals surface area contributed by atoms with Crippen LogP contribution in [0.4, 0.5) is 0 Å². The summed E-state index contributed by atoms with van der Waals surface area (Å²) in [5.41, 5.74) is 0.688. The molecule has 0 aliphatic carbocycles. The van der Waals surface area contributed by atoms with Crippen LogP contribution in [-0.4, -0.2) is 39.9 Å². The number of nitrogens with one attached hydrogen (secondary N) is 1. The van der Waals surface area contributed by atoms with Gasteiger partial charge in [-0.3, -0.25) is 14.5 Å². The van der Waals surface area contributed by atoms with Gasteiger partial charge in [0.05, 0.1) is 12.5 Å². The first-order valence-corrected chi connectivity index (χ1v) is 7.65. The average Bonchev–Trinajstić information content (AvgIpc) is 2.53. The van der Waals surface area contributed by atoms with Gasteiger partial charge in [0.2, 0.25) is 5.91 Å². The minimum absolute atomic E-state index is 0.165. The molecule has 0 unspecified atom stereocenters. The maximum Gasteiger partial charge on any atom is 0.353 e. The normalized spacial score (nSPS) is 23.2. The smallest absolute Gasteiger partial charge is 0.353 e. The van der Waals surface area contributed by atoms with E-state index in [0.717, 1.165) is 5.56 Å². The Morgan fingerprint density at radius 3 is 2.65 bits per heavy atom. The fourth-order valence-corrected chi connectivity index (χ4v) is 3.30. The van der Waals surface area contributed by atoms with Crippen molar-refractivity contribution in [2.45, 2.75) is 31.3 Å². The van der Waals surface area contributed by atoms with Gasteiger partial charge in [-0.2, -0.15) is 0 Å². The van der Waals surface area contributed by atoms with Gasteiger partial charge >= 0.3 is 5.97 Å². The van der Waals surface area contributed by atoms with Gasteiger partial charge in [-0.1, -0.05) is 41.9 Å². The average molecular weight is 335 g/mol. The molecule has 0 radical (unpaired) electrons. The minimum Gasteiger partial charge on any atom is -0.477 e. The summed E-state index contributed by atoms with van der Waals surface area (Å²) in [5.74, 6) is -1.90. The molecule has 23 heavy (non-hydrogen) atoms. The Morgan fingerprint density at radius 2 is 2.00 bits per heavy atom. The van der Waals surface area contributed by atoms with Gasteiger partial charge in [0.25, 0.3) is 5.91 Å². The number of benzene rings is 1. The first-order chi connectivity index (χ1) is 11.0. The number of rotatable bonds is 4. The van der Waals surface area contributed by atoms with Crippen LogP contribution in [0.1, 0.15) is 18.4 Å². The van der Waals surface area contributed by atoms with Gasteiger partial charge < -0.3 is 10.4 Å². The molecule has 2 atom stereocenters. The van der Waals surface area contributed by atoms with Crippen molar-refractivity contribution in [3.63, 3.8) is 0 Å². The maximum atomic E-state index is 12.2. The van der Waals surface area contributed by atoms with Crippen LogP contribution in [0.15, 0.2) is 41.1 Å². The molecule has 1 saturated heterocycles. The Balaban J connectivity index is 1.67. The SMILES string of the molecule is O=C(Cc1ccccc1)N[C@H]1C(=O)N2C(C(=O)O)=C(Cl)CC[C@H]12. The largest absolute Gasteiger partial charge is 0.477 e. The number of carbonyl (C=O) groups excluding carboxylic acids is 2. The highest BCUT2D eigenvalue weighted by Gasteiger charge is 2.53. The van der Waals surface area contributed by atoms with Crippen LogP contribution in [0, 0.1) is 0 Å². The Bertz CT molecular complexity index is 701. The Labute approximate surface area is 137 Å². The van der Waals surface area contributed by atoms with Crippen LogP contribution in [-0.2, 0) is 20.8 Å². The van der Waals surface area contributed by atoms with Crippen LogP contribution in [0.25, 0.3) is 0 Å². The molecule has 3 rings (SSSR count). The van der Waals surface area contributed by atoms with Crippen molar-refractivity contribution in [1.82, 2.24) is 10.2 Å². The predicted octanol–water partition coefficient (Wildman–Crippen LogP) is 1.25. The number of aliphatic carboxylic acids is 1. The molecule has 0 spiro atoms. The maximum absolute atomic E-state index is 12.2. The molecule has 2 N–H and O–H groups in total. The highest BCUT2D eigenvalue weighted by atomic mass is 35.5. The summed E-state index contributed by atoms with van der Waals surface area (Å²) in [6.07, 6.45) is 1.11. The van der Waals surface area contributed by atoms with Crippen LogP contribution in [0.5, 0.6) is 0 Å². The lowest BCUT2D eigenvalue weighted by molar-refractivity contribution is -0.155. The van der Waals surface area contributed by atoms with E-state index in [4.69, 9.17) is 11.6 Å². The molecule has 0 saturated carbocycles. The fraction of sp³-hybridized carbons (Fsp3) is 0.312. The zero-order chi connectivity index (χ0) is 16.6. The Morgan fingerprint density at radius 1 is 1.30 bits per heavy atom. The van der Waals surface area contributed by atoms with E-state index in [0.29, 0.717) is 12.8 Å². The number of hydrogen-bond acceptors (Lipinski definition) is 3. The number of β-lactam (4-membered cyclic amide) rings is 1. The highest BCUT2D eigenvalue weighted by molar-refractivity contribution is 6.32. The van der Waals surface area contributed by atoms with Crippen molar-refractivity contribution >= 4 is 29.4 Å². The molecule has 2 amide bonds. The molecular formula is C16H15ClN2O4. The molecule has 0 aromatic heterocycles. The van der Waals surface area contributed by atoms with Crippen molar-refractivity contribution in [3.05, 3.63) is 46.6 Å². The number of hydrogen-bond donors (Lipinski definition) is 2. The molecule has 2 heterocycles. The van der Waals surface area contributed by atoms with Crippen molar-refractivity contribution in [3.8, 4) is 0 Å². The van der Waals surface area contributed by atoms with Gasteiger partial charge in [-0.25, -0.2) is 4.79 Å². The molecule has 2 aliphatic rings. The van der Waals surface area contributed by atoms with Gasteiger partial charge in [-0.05, 0) is 18.4 Å². The second kappa shape index (κ2) is 6.04. The molecule has 0 bridgehead atoms. The second-order valence-electron chi connectivity index (χ2n) is 5.58. The zero-order valence-corrected chi connectivity index (χ0v) is 12.9. The number of nitrogens with zero attached hydrogens (tertiary/aromatic N) is 1. The third-order valence-corrected chi connectivity index (χ3v) is 4.47. The van der Waals surface area contributed by atoms with Crippen molar-refractivity contribution < 1.29 is 19.5 Å². The van der Waals surface area contributed by atoms with Gasteiger partial charge in [0.1, 0.15) is 11.7 Å². The van der Waals surface area contributed by atoms with Gasteiger partial charge in [0, 0.05) is 5.03 Å². The monoisotopic (exact) mass is 334 g/mol. The molecular weight excluding hydrogens is 320 g/mol. The Hall–Kier alpha value is -2.34. The third kappa shape index (κ3) is 2.82. The number of carbonyl (C=O) groups is 3. The van der Waals surface area contributed by atoms with Crippen molar-refractivity contribution in [2.75, 3.05) is 0 Å². The van der Waals surface area contributed by atoms with Crippen LogP contribution in [0.3, 0.4) is 0 Å². The van der Waals surface area contributed by atoms with E-state index in [1.807, 2.05) is 30.3 Å². The van der Waals surface area contributed by atoms with E-state index in [1.165, 1.54) is 4.90 Å². The lowest BCUT2D eigenvalue weighted by Gasteiger charge is -2.49. The summed E-state index contributed by atoms with van der Waals surface area (Å²) < 4.78 is 0.